The summed E-state index contributed by atoms with van der Waals surface area (Å²) in [6, 6.07) is 7.24. The number of ether oxygens (including phenoxy) is 1. The molecule has 1 aromatic carbocycles. The van der Waals surface area contributed by atoms with E-state index in [0.29, 0.717) is 11.3 Å². The van der Waals surface area contributed by atoms with E-state index in [9.17, 15) is 9.59 Å². The highest BCUT2D eigenvalue weighted by molar-refractivity contribution is 5.89. The number of nitrogens with zero attached hydrogens (tertiary/aromatic N) is 2. The number of rotatable bonds is 3. The van der Waals surface area contributed by atoms with E-state index in [-0.39, 0.29) is 18.0 Å². The summed E-state index contributed by atoms with van der Waals surface area (Å²) in [5, 5.41) is 0.938. The molecule has 2 aromatic rings. The molecule has 0 spiro atoms. The van der Waals surface area contributed by atoms with Crippen molar-refractivity contribution in [1.82, 2.24) is 9.47 Å². The second kappa shape index (κ2) is 5.83. The van der Waals surface area contributed by atoms with Gasteiger partial charge in [-0.1, -0.05) is 12.1 Å². The van der Waals surface area contributed by atoms with Gasteiger partial charge in [-0.3, -0.25) is 14.2 Å². The van der Waals surface area contributed by atoms with Gasteiger partial charge < -0.3 is 9.64 Å². The Labute approximate surface area is 129 Å². The van der Waals surface area contributed by atoms with Crippen LogP contribution in [0.2, 0.25) is 0 Å². The highest BCUT2D eigenvalue weighted by Crippen LogP contribution is 2.26. The van der Waals surface area contributed by atoms with Crippen LogP contribution in [0.1, 0.15) is 18.4 Å². The quantitative estimate of drug-likeness (QED) is 0.870. The highest BCUT2D eigenvalue weighted by Gasteiger charge is 2.20. The molecule has 1 aromatic heterocycles. The molecule has 0 atom stereocenters. The van der Waals surface area contributed by atoms with Gasteiger partial charge in [0.05, 0.1) is 12.6 Å². The van der Waals surface area contributed by atoms with Crippen LogP contribution in [-0.4, -0.2) is 35.6 Å². The maximum absolute atomic E-state index is 12.4. The number of para-hydroxylation sites is 1. The first-order valence-corrected chi connectivity index (χ1v) is 7.57. The molecule has 1 fully saturated rings. The number of likely N-dealkylation sites (tertiary alicyclic amines) is 1. The molecule has 0 bridgehead atoms. The van der Waals surface area contributed by atoms with Crippen LogP contribution < -0.4 is 10.3 Å². The summed E-state index contributed by atoms with van der Waals surface area (Å²) in [7, 11) is 1.58. The largest absolute Gasteiger partial charge is 0.495 e. The highest BCUT2D eigenvalue weighted by atomic mass is 16.5. The number of fused-ring (bicyclic) bond motifs is 1. The van der Waals surface area contributed by atoms with Gasteiger partial charge in [-0.15, -0.1) is 0 Å². The number of benzene rings is 1. The van der Waals surface area contributed by atoms with Crippen LogP contribution in [0.25, 0.3) is 10.9 Å². The number of methoxy groups -OCH3 is 1. The summed E-state index contributed by atoms with van der Waals surface area (Å²) in [4.78, 5) is 26.7. The lowest BCUT2D eigenvalue weighted by Crippen LogP contribution is -2.34. The number of pyridine rings is 1. The molecule has 1 saturated heterocycles. The molecule has 0 radical (unpaired) electrons. The van der Waals surface area contributed by atoms with Crippen LogP contribution in [0.3, 0.4) is 0 Å². The normalized spacial score (nSPS) is 14.5. The van der Waals surface area contributed by atoms with E-state index >= 15 is 0 Å². The number of carbonyl (C=O) groups excluding carboxylic acids is 1. The average molecular weight is 300 g/mol. The van der Waals surface area contributed by atoms with Crippen LogP contribution in [-0.2, 0) is 11.3 Å². The number of aryl methyl sites for hydroxylation is 1. The van der Waals surface area contributed by atoms with E-state index in [1.165, 1.54) is 4.57 Å². The lowest BCUT2D eigenvalue weighted by Gasteiger charge is -2.18. The van der Waals surface area contributed by atoms with Crippen molar-refractivity contribution in [2.75, 3.05) is 20.2 Å². The molecule has 0 unspecified atom stereocenters. The molecule has 3 rings (SSSR count). The number of hydrogen-bond donors (Lipinski definition) is 0. The first-order valence-electron chi connectivity index (χ1n) is 7.57. The molecule has 1 aliphatic rings. The van der Waals surface area contributed by atoms with E-state index < -0.39 is 0 Å². The Morgan fingerprint density at radius 2 is 2.00 bits per heavy atom. The van der Waals surface area contributed by atoms with Gasteiger partial charge in [0.25, 0.3) is 5.56 Å². The molecule has 0 aliphatic carbocycles. The van der Waals surface area contributed by atoms with Gasteiger partial charge in [0, 0.05) is 24.5 Å². The van der Waals surface area contributed by atoms with Crippen LogP contribution in [0, 0.1) is 6.92 Å². The summed E-state index contributed by atoms with van der Waals surface area (Å²) in [5.41, 5.74) is 1.42. The van der Waals surface area contributed by atoms with Gasteiger partial charge in [0.2, 0.25) is 5.91 Å². The predicted molar refractivity (Wildman–Crippen MR) is 85.3 cm³/mol. The van der Waals surface area contributed by atoms with Crippen molar-refractivity contribution in [3.63, 3.8) is 0 Å². The Morgan fingerprint density at radius 3 is 2.68 bits per heavy atom. The maximum Gasteiger partial charge on any atom is 0.251 e. The van der Waals surface area contributed by atoms with Gasteiger partial charge in [-0.2, -0.15) is 0 Å². The van der Waals surface area contributed by atoms with Gasteiger partial charge in [0.1, 0.15) is 12.3 Å². The zero-order valence-corrected chi connectivity index (χ0v) is 13.0. The summed E-state index contributed by atoms with van der Waals surface area (Å²) in [6.45, 7) is 3.54. The minimum Gasteiger partial charge on any atom is -0.495 e. The molecule has 116 valence electrons. The molecule has 5 heteroatoms. The minimum atomic E-state index is -0.165. The van der Waals surface area contributed by atoms with Crippen LogP contribution in [0.4, 0.5) is 0 Å². The lowest BCUT2D eigenvalue weighted by atomic mass is 10.1. The Hall–Kier alpha value is -2.30. The third kappa shape index (κ3) is 2.47. The molecule has 0 N–H and O–H groups in total. The van der Waals surface area contributed by atoms with Gasteiger partial charge in [-0.05, 0) is 31.4 Å². The molecular weight excluding hydrogens is 280 g/mol. The monoisotopic (exact) mass is 300 g/mol. The molecule has 5 nitrogen and oxygen atoms in total. The number of hydrogen-bond acceptors (Lipinski definition) is 3. The van der Waals surface area contributed by atoms with Crippen molar-refractivity contribution in [1.29, 1.82) is 0 Å². The van der Waals surface area contributed by atoms with Crippen molar-refractivity contribution >= 4 is 16.8 Å². The molecule has 2 heterocycles. The fraction of sp³-hybridized carbons (Fsp3) is 0.412. The molecule has 0 saturated carbocycles. The summed E-state index contributed by atoms with van der Waals surface area (Å²) in [5.74, 6) is 0.614. The van der Waals surface area contributed by atoms with Crippen molar-refractivity contribution in [3.05, 3.63) is 40.2 Å². The zero-order valence-electron chi connectivity index (χ0n) is 13.0. The first kappa shape index (κ1) is 14.6. The topological polar surface area (TPSA) is 51.5 Å². The fourth-order valence-corrected chi connectivity index (χ4v) is 3.09. The van der Waals surface area contributed by atoms with Crippen LogP contribution in [0.15, 0.2) is 29.1 Å². The van der Waals surface area contributed by atoms with Gasteiger partial charge >= 0.3 is 0 Å². The van der Waals surface area contributed by atoms with Gasteiger partial charge in [-0.25, -0.2) is 0 Å². The Kier molecular flexibility index (Phi) is 3.88. The second-order valence-corrected chi connectivity index (χ2v) is 5.70. The predicted octanol–water partition coefficient (Wildman–Crippen LogP) is 1.94. The van der Waals surface area contributed by atoms with E-state index in [2.05, 4.69) is 0 Å². The standard InChI is InChI=1S/C17H20N2O3/c1-12-10-15(20)19(11-16(21)18-8-3-4-9-18)17-13(12)6-5-7-14(17)22-2/h5-7,10H,3-4,8-9,11H2,1-2H3. The molecule has 1 amide bonds. The number of carbonyl (C=O) groups is 1. The third-order valence-corrected chi connectivity index (χ3v) is 4.27. The SMILES string of the molecule is COc1cccc2c(C)cc(=O)n(CC(=O)N3CCCC3)c12. The molecular formula is C17H20N2O3. The van der Waals surface area contributed by atoms with E-state index in [1.54, 1.807) is 13.2 Å². The number of aromatic nitrogens is 1. The Bertz CT molecular complexity index is 773. The smallest absolute Gasteiger partial charge is 0.251 e. The first-order chi connectivity index (χ1) is 10.6. The van der Waals surface area contributed by atoms with E-state index in [0.717, 1.165) is 36.9 Å². The molecule has 22 heavy (non-hydrogen) atoms. The maximum atomic E-state index is 12.4. The fourth-order valence-electron chi connectivity index (χ4n) is 3.09. The van der Waals surface area contributed by atoms with Crippen molar-refractivity contribution < 1.29 is 9.53 Å². The van der Waals surface area contributed by atoms with E-state index in [4.69, 9.17) is 4.74 Å². The van der Waals surface area contributed by atoms with Gasteiger partial charge in [0.15, 0.2) is 0 Å². The second-order valence-electron chi connectivity index (χ2n) is 5.70. The zero-order chi connectivity index (χ0) is 15.7. The molecule has 1 aliphatic heterocycles. The third-order valence-electron chi connectivity index (χ3n) is 4.27. The Morgan fingerprint density at radius 1 is 1.27 bits per heavy atom. The van der Waals surface area contributed by atoms with E-state index in [1.807, 2.05) is 30.0 Å². The van der Waals surface area contributed by atoms with Crippen molar-refractivity contribution in [3.8, 4) is 5.75 Å². The van der Waals surface area contributed by atoms with Crippen LogP contribution >= 0.6 is 0 Å². The number of amides is 1. The lowest BCUT2D eigenvalue weighted by molar-refractivity contribution is -0.130. The van der Waals surface area contributed by atoms with Crippen molar-refractivity contribution in [2.24, 2.45) is 0 Å². The van der Waals surface area contributed by atoms with Crippen molar-refractivity contribution in [2.45, 2.75) is 26.3 Å². The van der Waals surface area contributed by atoms with Crippen LogP contribution in [0.5, 0.6) is 5.75 Å². The average Bonchev–Trinajstić information content (AvgIpc) is 3.05. The summed E-state index contributed by atoms with van der Waals surface area (Å²) < 4.78 is 6.93. The Balaban J connectivity index is 2.11. The minimum absolute atomic E-state index is 0.00402. The summed E-state index contributed by atoms with van der Waals surface area (Å²) >= 11 is 0. The summed E-state index contributed by atoms with van der Waals surface area (Å²) in [6.07, 6.45) is 2.08.